The molecule has 0 radical (unpaired) electrons. The quantitative estimate of drug-likeness (QED) is 0.467. The van der Waals surface area contributed by atoms with Crippen LogP contribution in [0.2, 0.25) is 0 Å². The lowest BCUT2D eigenvalue weighted by atomic mass is 10.2. The van der Waals surface area contributed by atoms with Crippen molar-refractivity contribution in [2.45, 2.75) is 32.2 Å². The molecule has 0 aliphatic carbocycles. The van der Waals surface area contributed by atoms with Crippen LogP contribution in [0.5, 0.6) is 0 Å². The van der Waals surface area contributed by atoms with Crippen molar-refractivity contribution >= 4 is 29.7 Å². The maximum absolute atomic E-state index is 11.5. The van der Waals surface area contributed by atoms with Gasteiger partial charge in [0.1, 0.15) is 6.04 Å². The van der Waals surface area contributed by atoms with Crippen LogP contribution in [0.3, 0.4) is 0 Å². The number of rotatable bonds is 10. The molecule has 0 heterocycles. The molecule has 0 saturated carbocycles. The van der Waals surface area contributed by atoms with Gasteiger partial charge in [-0.1, -0.05) is 6.92 Å². The van der Waals surface area contributed by atoms with Crippen molar-refractivity contribution < 1.29 is 19.5 Å². The number of carboxylic acids is 1. The number of thioether (sulfide) groups is 1. The highest BCUT2D eigenvalue weighted by Gasteiger charge is 2.18. The van der Waals surface area contributed by atoms with Gasteiger partial charge in [-0.3, -0.25) is 4.79 Å². The Bertz CT molecular complexity index is 326. The second kappa shape index (κ2) is 11.4. The van der Waals surface area contributed by atoms with Crippen molar-refractivity contribution in [1.29, 1.82) is 0 Å². The van der Waals surface area contributed by atoms with Crippen LogP contribution in [0.1, 0.15) is 26.2 Å². The number of hydrogen-bond acceptors (Lipinski definition) is 4. The molecule has 0 unspecified atom stereocenters. The maximum atomic E-state index is 11.5. The molecule has 0 spiro atoms. The summed E-state index contributed by atoms with van der Waals surface area (Å²) in [4.78, 5) is 33.7. The van der Waals surface area contributed by atoms with E-state index in [9.17, 15) is 14.4 Å². The molecule has 20 heavy (non-hydrogen) atoms. The third-order valence-corrected chi connectivity index (χ3v) is 3.07. The minimum Gasteiger partial charge on any atom is -0.480 e. The van der Waals surface area contributed by atoms with Crippen LogP contribution >= 0.6 is 11.8 Å². The first kappa shape index (κ1) is 18.6. The van der Waals surface area contributed by atoms with Crippen molar-refractivity contribution in [2.75, 3.05) is 25.1 Å². The lowest BCUT2D eigenvalue weighted by molar-refractivity contribution is -0.139. The molecule has 0 fully saturated rings. The molecule has 0 aromatic heterocycles. The first-order valence-corrected chi connectivity index (χ1v) is 7.93. The summed E-state index contributed by atoms with van der Waals surface area (Å²) in [6.07, 6.45) is 3.26. The molecule has 4 N–H and O–H groups in total. The van der Waals surface area contributed by atoms with Gasteiger partial charge in [0.2, 0.25) is 5.91 Å². The molecule has 1 atom stereocenters. The van der Waals surface area contributed by atoms with Gasteiger partial charge < -0.3 is 21.1 Å². The van der Waals surface area contributed by atoms with E-state index in [1.165, 1.54) is 11.8 Å². The Kier molecular flexibility index (Phi) is 10.6. The summed E-state index contributed by atoms with van der Waals surface area (Å²) >= 11 is 1.52. The highest BCUT2D eigenvalue weighted by Crippen LogP contribution is 2.00. The van der Waals surface area contributed by atoms with E-state index in [0.717, 1.165) is 6.42 Å². The van der Waals surface area contributed by atoms with Crippen molar-refractivity contribution in [3.8, 4) is 0 Å². The molecule has 116 valence electrons. The second-order valence-electron chi connectivity index (χ2n) is 4.17. The molecular formula is C12H23N3O4S. The van der Waals surface area contributed by atoms with Gasteiger partial charge in [0.05, 0.1) is 0 Å². The van der Waals surface area contributed by atoms with Crippen LogP contribution < -0.4 is 16.0 Å². The zero-order valence-corrected chi connectivity index (χ0v) is 12.7. The predicted octanol–water partition coefficient (Wildman–Crippen LogP) is 0.408. The van der Waals surface area contributed by atoms with Crippen molar-refractivity contribution in [1.82, 2.24) is 16.0 Å². The number of carbonyl (C=O) groups is 3. The number of aliphatic carboxylic acids is 1. The highest BCUT2D eigenvalue weighted by molar-refractivity contribution is 7.98. The van der Waals surface area contributed by atoms with Crippen LogP contribution in [0.25, 0.3) is 0 Å². The number of carboxylic acid groups (broad SMARTS) is 1. The monoisotopic (exact) mass is 305 g/mol. The fourth-order valence-electron chi connectivity index (χ4n) is 1.34. The Morgan fingerprint density at radius 2 is 1.90 bits per heavy atom. The number of carbonyl (C=O) groups excluding carboxylic acids is 2. The standard InChI is InChI=1S/C12H23N3O4S/c1-3-6-13-10(16)4-7-14-12(19)15-9(11(17)18)5-8-20-2/h9H,3-8H2,1-2H3,(H,13,16)(H,17,18)(H2,14,15,19)/t9-/m1/s1. The summed E-state index contributed by atoms with van der Waals surface area (Å²) in [5.41, 5.74) is 0. The van der Waals surface area contributed by atoms with Crippen molar-refractivity contribution in [3.63, 3.8) is 0 Å². The van der Waals surface area contributed by atoms with E-state index in [-0.39, 0.29) is 18.9 Å². The normalized spacial score (nSPS) is 11.5. The van der Waals surface area contributed by atoms with E-state index in [4.69, 9.17) is 5.11 Å². The lowest BCUT2D eigenvalue weighted by Crippen LogP contribution is -2.46. The summed E-state index contributed by atoms with van der Waals surface area (Å²) in [6, 6.07) is -1.47. The smallest absolute Gasteiger partial charge is 0.326 e. The molecule has 0 rings (SSSR count). The fraction of sp³-hybridized carbons (Fsp3) is 0.750. The average Bonchev–Trinajstić information content (AvgIpc) is 2.40. The van der Waals surface area contributed by atoms with Gasteiger partial charge >= 0.3 is 12.0 Å². The summed E-state index contributed by atoms with van der Waals surface area (Å²) in [5.74, 6) is -0.546. The van der Waals surface area contributed by atoms with Crippen LogP contribution in [0.4, 0.5) is 4.79 Å². The number of hydrogen-bond donors (Lipinski definition) is 4. The molecule has 0 aromatic rings. The fourth-order valence-corrected chi connectivity index (χ4v) is 1.82. The molecule has 8 heteroatoms. The van der Waals surface area contributed by atoms with Crippen LogP contribution in [0, 0.1) is 0 Å². The molecule has 3 amide bonds. The second-order valence-corrected chi connectivity index (χ2v) is 5.16. The maximum Gasteiger partial charge on any atom is 0.326 e. The van der Waals surface area contributed by atoms with Crippen LogP contribution in [-0.4, -0.2) is 54.2 Å². The largest absolute Gasteiger partial charge is 0.480 e. The van der Waals surface area contributed by atoms with Gasteiger partial charge in [-0.2, -0.15) is 11.8 Å². The van der Waals surface area contributed by atoms with Crippen molar-refractivity contribution in [3.05, 3.63) is 0 Å². The Labute approximate surface area is 123 Å². The van der Waals surface area contributed by atoms with Crippen LogP contribution in [0.15, 0.2) is 0 Å². The third kappa shape index (κ3) is 9.48. The number of amides is 3. The summed E-state index contributed by atoms with van der Waals surface area (Å²) in [5, 5.41) is 16.5. The topological polar surface area (TPSA) is 108 Å². The lowest BCUT2D eigenvalue weighted by Gasteiger charge is -2.14. The Hall–Kier alpha value is -1.44. The van der Waals surface area contributed by atoms with Crippen molar-refractivity contribution in [2.24, 2.45) is 0 Å². The third-order valence-electron chi connectivity index (χ3n) is 2.42. The Morgan fingerprint density at radius 3 is 2.45 bits per heavy atom. The summed E-state index contributed by atoms with van der Waals surface area (Å²) in [6.45, 7) is 2.74. The molecule has 7 nitrogen and oxygen atoms in total. The summed E-state index contributed by atoms with van der Waals surface area (Å²) in [7, 11) is 0. The predicted molar refractivity (Wildman–Crippen MR) is 78.9 cm³/mol. The average molecular weight is 305 g/mol. The summed E-state index contributed by atoms with van der Waals surface area (Å²) < 4.78 is 0. The van der Waals surface area contributed by atoms with E-state index in [1.807, 2.05) is 13.2 Å². The van der Waals surface area contributed by atoms with Gasteiger partial charge in [-0.05, 0) is 24.9 Å². The minimum atomic E-state index is -1.06. The first-order valence-electron chi connectivity index (χ1n) is 6.54. The molecule has 0 saturated heterocycles. The first-order chi connectivity index (χ1) is 9.51. The van der Waals surface area contributed by atoms with E-state index in [1.54, 1.807) is 0 Å². The molecule has 0 aliphatic rings. The number of urea groups is 1. The van der Waals surface area contributed by atoms with Gasteiger partial charge in [-0.25, -0.2) is 9.59 Å². The van der Waals surface area contributed by atoms with E-state index < -0.39 is 18.0 Å². The minimum absolute atomic E-state index is 0.135. The molecule has 0 aliphatic heterocycles. The molecule has 0 aromatic carbocycles. The van der Waals surface area contributed by atoms with Gasteiger partial charge in [-0.15, -0.1) is 0 Å². The van der Waals surface area contributed by atoms with Gasteiger partial charge in [0.25, 0.3) is 0 Å². The zero-order chi connectivity index (χ0) is 15.4. The van der Waals surface area contributed by atoms with Gasteiger partial charge in [0.15, 0.2) is 0 Å². The SMILES string of the molecule is CCCNC(=O)CCNC(=O)N[C@H](CCSC)C(=O)O. The molecular weight excluding hydrogens is 282 g/mol. The Morgan fingerprint density at radius 1 is 1.20 bits per heavy atom. The molecule has 0 bridgehead atoms. The van der Waals surface area contributed by atoms with Crippen LogP contribution in [-0.2, 0) is 9.59 Å². The highest BCUT2D eigenvalue weighted by atomic mass is 32.2. The zero-order valence-electron chi connectivity index (χ0n) is 11.9. The van der Waals surface area contributed by atoms with E-state index in [0.29, 0.717) is 18.7 Å². The number of nitrogens with one attached hydrogen (secondary N) is 3. The van der Waals surface area contributed by atoms with Gasteiger partial charge in [0, 0.05) is 19.5 Å². The van der Waals surface area contributed by atoms with E-state index >= 15 is 0 Å². The van der Waals surface area contributed by atoms with E-state index in [2.05, 4.69) is 16.0 Å². The Balaban J connectivity index is 3.90.